The molecule has 0 bridgehead atoms. The molecule has 3 nitrogen and oxygen atoms in total. The van der Waals surface area contributed by atoms with Crippen LogP contribution in [0.5, 0.6) is 0 Å². The molecule has 3 atom stereocenters. The second-order valence-electron chi connectivity index (χ2n) is 5.93. The van der Waals surface area contributed by atoms with Crippen LogP contribution in [0.3, 0.4) is 0 Å². The monoisotopic (exact) mass is 293 g/mol. The summed E-state index contributed by atoms with van der Waals surface area (Å²) in [6.45, 7) is 4.50. The molecule has 0 aromatic heterocycles. The highest BCUT2D eigenvalue weighted by molar-refractivity contribution is 8.00. The van der Waals surface area contributed by atoms with Crippen molar-refractivity contribution >= 4 is 11.8 Å². The van der Waals surface area contributed by atoms with Crippen LogP contribution in [0.4, 0.5) is 0 Å². The molecule has 1 spiro atoms. The number of nitrogens with two attached hydrogens (primary N) is 1. The van der Waals surface area contributed by atoms with Gasteiger partial charge in [-0.25, -0.2) is 0 Å². The first kappa shape index (κ1) is 14.4. The standard InChI is InChI=1S/C16H23NO2S/c1-12(17)13-3-2-4-14(9-13)20-15-5-7-19-16(10-15)6-8-18-11-16/h2-4,9,12,15H,5-8,10-11,17H2,1H3. The highest BCUT2D eigenvalue weighted by Crippen LogP contribution is 2.40. The zero-order valence-corrected chi connectivity index (χ0v) is 12.8. The van der Waals surface area contributed by atoms with Gasteiger partial charge in [-0.05, 0) is 37.5 Å². The van der Waals surface area contributed by atoms with Crippen molar-refractivity contribution in [3.05, 3.63) is 29.8 Å². The minimum absolute atomic E-state index is 0.00527. The summed E-state index contributed by atoms with van der Waals surface area (Å²) >= 11 is 1.97. The molecule has 3 unspecified atom stereocenters. The summed E-state index contributed by atoms with van der Waals surface area (Å²) in [5.74, 6) is 0. The maximum Gasteiger partial charge on any atom is 0.0947 e. The minimum Gasteiger partial charge on any atom is -0.378 e. The van der Waals surface area contributed by atoms with Crippen molar-refractivity contribution in [1.29, 1.82) is 0 Å². The number of hydrogen-bond acceptors (Lipinski definition) is 4. The molecule has 0 radical (unpaired) electrons. The molecular formula is C16H23NO2S. The van der Waals surface area contributed by atoms with Gasteiger partial charge in [0.25, 0.3) is 0 Å². The summed E-state index contributed by atoms with van der Waals surface area (Å²) in [5.41, 5.74) is 7.17. The molecule has 2 aliphatic heterocycles. The Morgan fingerprint density at radius 1 is 1.40 bits per heavy atom. The third kappa shape index (κ3) is 3.19. The lowest BCUT2D eigenvalue weighted by Gasteiger charge is -2.36. The van der Waals surface area contributed by atoms with Gasteiger partial charge in [0.2, 0.25) is 0 Å². The van der Waals surface area contributed by atoms with E-state index in [9.17, 15) is 0 Å². The molecule has 3 rings (SSSR count). The van der Waals surface area contributed by atoms with Gasteiger partial charge in [-0.15, -0.1) is 11.8 Å². The third-order valence-corrected chi connectivity index (χ3v) is 5.46. The topological polar surface area (TPSA) is 44.5 Å². The predicted octanol–water partition coefficient (Wildman–Crippen LogP) is 3.14. The van der Waals surface area contributed by atoms with E-state index in [1.54, 1.807) is 0 Å². The summed E-state index contributed by atoms with van der Waals surface area (Å²) in [6, 6.07) is 8.71. The largest absolute Gasteiger partial charge is 0.378 e. The Hall–Kier alpha value is -0.550. The van der Waals surface area contributed by atoms with Gasteiger partial charge in [-0.2, -0.15) is 0 Å². The quantitative estimate of drug-likeness (QED) is 0.930. The van der Waals surface area contributed by atoms with E-state index in [1.807, 2.05) is 18.7 Å². The van der Waals surface area contributed by atoms with Crippen LogP contribution in [0.25, 0.3) is 0 Å². The third-order valence-electron chi connectivity index (χ3n) is 4.20. The fourth-order valence-electron chi connectivity index (χ4n) is 3.01. The van der Waals surface area contributed by atoms with E-state index in [1.165, 1.54) is 10.5 Å². The van der Waals surface area contributed by atoms with Gasteiger partial charge in [0, 0.05) is 35.8 Å². The lowest BCUT2D eigenvalue weighted by Crippen LogP contribution is -2.41. The van der Waals surface area contributed by atoms with E-state index in [-0.39, 0.29) is 11.6 Å². The highest BCUT2D eigenvalue weighted by atomic mass is 32.2. The van der Waals surface area contributed by atoms with Gasteiger partial charge < -0.3 is 15.2 Å². The lowest BCUT2D eigenvalue weighted by atomic mass is 9.93. The van der Waals surface area contributed by atoms with Crippen LogP contribution in [-0.2, 0) is 9.47 Å². The molecule has 2 heterocycles. The average molecular weight is 293 g/mol. The molecular weight excluding hydrogens is 270 g/mol. The fourth-order valence-corrected chi connectivity index (χ4v) is 4.36. The van der Waals surface area contributed by atoms with E-state index in [0.717, 1.165) is 39.1 Å². The van der Waals surface area contributed by atoms with E-state index < -0.39 is 0 Å². The first-order valence-corrected chi connectivity index (χ1v) is 8.29. The van der Waals surface area contributed by atoms with Crippen LogP contribution < -0.4 is 5.73 Å². The zero-order chi connectivity index (χ0) is 14.0. The van der Waals surface area contributed by atoms with E-state index >= 15 is 0 Å². The van der Waals surface area contributed by atoms with Gasteiger partial charge in [-0.1, -0.05) is 12.1 Å². The van der Waals surface area contributed by atoms with E-state index in [2.05, 4.69) is 24.3 Å². The predicted molar refractivity (Wildman–Crippen MR) is 82.0 cm³/mol. The minimum atomic E-state index is -0.00527. The first-order chi connectivity index (χ1) is 9.67. The molecule has 0 saturated carbocycles. The highest BCUT2D eigenvalue weighted by Gasteiger charge is 2.41. The number of benzene rings is 1. The zero-order valence-electron chi connectivity index (χ0n) is 12.0. The van der Waals surface area contributed by atoms with Gasteiger partial charge in [0.15, 0.2) is 0 Å². The van der Waals surface area contributed by atoms with E-state index in [0.29, 0.717) is 5.25 Å². The molecule has 20 heavy (non-hydrogen) atoms. The molecule has 0 amide bonds. The van der Waals surface area contributed by atoms with Crippen molar-refractivity contribution in [2.24, 2.45) is 5.73 Å². The van der Waals surface area contributed by atoms with Crippen molar-refractivity contribution in [3.8, 4) is 0 Å². The van der Waals surface area contributed by atoms with Crippen LogP contribution in [0.1, 0.15) is 37.8 Å². The van der Waals surface area contributed by atoms with Crippen LogP contribution in [0, 0.1) is 0 Å². The van der Waals surface area contributed by atoms with Crippen LogP contribution in [-0.4, -0.2) is 30.7 Å². The molecule has 1 aromatic rings. The van der Waals surface area contributed by atoms with Crippen molar-refractivity contribution in [2.75, 3.05) is 19.8 Å². The molecule has 2 fully saturated rings. The summed E-state index contributed by atoms with van der Waals surface area (Å²) in [4.78, 5) is 1.32. The Morgan fingerprint density at radius 2 is 2.30 bits per heavy atom. The van der Waals surface area contributed by atoms with Crippen molar-refractivity contribution in [1.82, 2.24) is 0 Å². The molecule has 2 saturated heterocycles. The SMILES string of the molecule is CC(N)c1cccc(SC2CCOC3(CCOC3)C2)c1. The van der Waals surface area contributed by atoms with Crippen molar-refractivity contribution in [3.63, 3.8) is 0 Å². The fraction of sp³-hybridized carbons (Fsp3) is 0.625. The first-order valence-electron chi connectivity index (χ1n) is 7.41. The number of thioether (sulfide) groups is 1. The number of ether oxygens (including phenoxy) is 2. The molecule has 1 aromatic carbocycles. The van der Waals surface area contributed by atoms with Crippen LogP contribution in [0.2, 0.25) is 0 Å². The summed E-state index contributed by atoms with van der Waals surface area (Å²) < 4.78 is 11.5. The molecule has 4 heteroatoms. The summed E-state index contributed by atoms with van der Waals surface area (Å²) in [7, 11) is 0. The maximum atomic E-state index is 6.00. The Morgan fingerprint density at radius 3 is 3.05 bits per heavy atom. The Bertz CT molecular complexity index is 458. The second kappa shape index (κ2) is 6.06. The Balaban J connectivity index is 1.66. The summed E-state index contributed by atoms with van der Waals surface area (Å²) in [5, 5.41) is 0.619. The Labute approximate surface area is 125 Å². The van der Waals surface area contributed by atoms with Gasteiger partial charge in [0.05, 0.1) is 12.2 Å². The molecule has 2 N–H and O–H groups in total. The van der Waals surface area contributed by atoms with Gasteiger partial charge in [0.1, 0.15) is 0 Å². The molecule has 110 valence electrons. The van der Waals surface area contributed by atoms with Crippen molar-refractivity contribution < 1.29 is 9.47 Å². The number of hydrogen-bond donors (Lipinski definition) is 1. The summed E-state index contributed by atoms with van der Waals surface area (Å²) in [6.07, 6.45) is 3.26. The lowest BCUT2D eigenvalue weighted by molar-refractivity contribution is -0.0769. The van der Waals surface area contributed by atoms with Gasteiger partial charge >= 0.3 is 0 Å². The van der Waals surface area contributed by atoms with E-state index in [4.69, 9.17) is 15.2 Å². The van der Waals surface area contributed by atoms with Crippen LogP contribution in [0.15, 0.2) is 29.2 Å². The van der Waals surface area contributed by atoms with Gasteiger partial charge in [-0.3, -0.25) is 0 Å². The average Bonchev–Trinajstić information content (AvgIpc) is 2.87. The number of rotatable bonds is 3. The Kier molecular flexibility index (Phi) is 4.36. The van der Waals surface area contributed by atoms with Crippen LogP contribution >= 0.6 is 11.8 Å². The molecule has 0 aliphatic carbocycles. The smallest absolute Gasteiger partial charge is 0.0947 e. The maximum absolute atomic E-state index is 6.00. The second-order valence-corrected chi connectivity index (χ2v) is 7.30. The molecule has 2 aliphatic rings. The van der Waals surface area contributed by atoms with Crippen molar-refractivity contribution in [2.45, 2.75) is 48.0 Å². The normalized spacial score (nSPS) is 31.6.